The summed E-state index contributed by atoms with van der Waals surface area (Å²) in [6.45, 7) is 1.72. The first-order valence-corrected chi connectivity index (χ1v) is 4.83. The predicted molar refractivity (Wildman–Crippen MR) is 63.0 cm³/mol. The van der Waals surface area contributed by atoms with Gasteiger partial charge in [-0.1, -0.05) is 11.8 Å². The summed E-state index contributed by atoms with van der Waals surface area (Å²) < 4.78 is 0. The van der Waals surface area contributed by atoms with Crippen molar-refractivity contribution in [2.24, 2.45) is 0 Å². The summed E-state index contributed by atoms with van der Waals surface area (Å²) in [5, 5.41) is 10.7. The second kappa shape index (κ2) is 4.71. The number of benzene rings is 1. The molecule has 0 atom stereocenters. The van der Waals surface area contributed by atoms with Crippen molar-refractivity contribution in [3.63, 3.8) is 0 Å². The van der Waals surface area contributed by atoms with Gasteiger partial charge in [-0.3, -0.25) is 10.1 Å². The van der Waals surface area contributed by atoms with E-state index in [1.807, 2.05) is 0 Å². The van der Waals surface area contributed by atoms with E-state index in [1.54, 1.807) is 13.0 Å². The van der Waals surface area contributed by atoms with Gasteiger partial charge in [0, 0.05) is 11.6 Å². The fourth-order valence-electron chi connectivity index (χ4n) is 1.14. The molecule has 0 radical (unpaired) electrons. The molecule has 0 aliphatic heterocycles. The quantitative estimate of drug-likeness (QED) is 0.250. The molecule has 0 fully saturated rings. The number of anilines is 1. The molecular formula is C10H10N2O2S. The minimum Gasteiger partial charge on any atom is -0.393 e. The first-order valence-electron chi connectivity index (χ1n) is 4.20. The molecule has 15 heavy (non-hydrogen) atoms. The molecule has 0 aromatic heterocycles. The first-order chi connectivity index (χ1) is 7.06. The van der Waals surface area contributed by atoms with Crippen LogP contribution in [0.1, 0.15) is 11.1 Å². The smallest absolute Gasteiger partial charge is 0.293 e. The van der Waals surface area contributed by atoms with Crippen LogP contribution in [0, 0.1) is 28.9 Å². The Morgan fingerprint density at radius 2 is 2.27 bits per heavy atom. The van der Waals surface area contributed by atoms with Gasteiger partial charge in [-0.05, 0) is 18.6 Å². The van der Waals surface area contributed by atoms with E-state index in [1.165, 1.54) is 6.07 Å². The van der Waals surface area contributed by atoms with Crippen LogP contribution in [0.4, 0.5) is 11.4 Å². The lowest BCUT2D eigenvalue weighted by Crippen LogP contribution is -1.98. The monoisotopic (exact) mass is 222 g/mol. The Labute approximate surface area is 93.0 Å². The molecule has 0 heterocycles. The maximum absolute atomic E-state index is 10.7. The average Bonchev–Trinajstić information content (AvgIpc) is 2.19. The van der Waals surface area contributed by atoms with Crippen molar-refractivity contribution in [1.29, 1.82) is 0 Å². The second-order valence-corrected chi connectivity index (χ2v) is 3.26. The van der Waals surface area contributed by atoms with Gasteiger partial charge in [0.2, 0.25) is 0 Å². The number of thiol groups is 1. The third-order valence-electron chi connectivity index (χ3n) is 1.87. The Morgan fingerprint density at radius 1 is 1.60 bits per heavy atom. The Morgan fingerprint density at radius 3 is 2.80 bits per heavy atom. The molecule has 2 N–H and O–H groups in total. The highest BCUT2D eigenvalue weighted by atomic mass is 32.1. The molecule has 0 saturated carbocycles. The molecular weight excluding hydrogens is 212 g/mol. The van der Waals surface area contributed by atoms with Crippen LogP contribution in [0.15, 0.2) is 12.1 Å². The van der Waals surface area contributed by atoms with Crippen molar-refractivity contribution in [3.05, 3.63) is 33.4 Å². The normalized spacial score (nSPS) is 9.20. The highest BCUT2D eigenvalue weighted by Crippen LogP contribution is 2.26. The van der Waals surface area contributed by atoms with Crippen LogP contribution in [0.2, 0.25) is 0 Å². The van der Waals surface area contributed by atoms with Crippen molar-refractivity contribution < 1.29 is 4.92 Å². The van der Waals surface area contributed by atoms with Gasteiger partial charge in [0.05, 0.1) is 10.7 Å². The van der Waals surface area contributed by atoms with E-state index in [2.05, 4.69) is 24.5 Å². The largest absolute Gasteiger partial charge is 0.393 e. The van der Waals surface area contributed by atoms with E-state index in [0.717, 1.165) is 0 Å². The van der Waals surface area contributed by atoms with Crippen LogP contribution in [0.3, 0.4) is 0 Å². The van der Waals surface area contributed by atoms with Gasteiger partial charge in [0.15, 0.2) is 0 Å². The van der Waals surface area contributed by atoms with Crippen LogP contribution in [0.25, 0.3) is 0 Å². The van der Waals surface area contributed by atoms with Crippen LogP contribution < -0.4 is 5.73 Å². The van der Waals surface area contributed by atoms with E-state index in [0.29, 0.717) is 16.9 Å². The standard InChI is InChI=1S/C10H10N2O2S/c1-7-5-8(3-2-4-15)6-9(10(7)11)12(13)14/h5-6,15H,4,11H2,1H3. The lowest BCUT2D eigenvalue weighted by molar-refractivity contribution is -0.383. The topological polar surface area (TPSA) is 69.2 Å². The molecule has 0 spiro atoms. The molecule has 0 aliphatic rings. The van der Waals surface area contributed by atoms with Gasteiger partial charge in [-0.2, -0.15) is 12.6 Å². The van der Waals surface area contributed by atoms with Gasteiger partial charge in [0.1, 0.15) is 5.69 Å². The number of nitrogens with zero attached hydrogens (tertiary/aromatic N) is 1. The summed E-state index contributed by atoms with van der Waals surface area (Å²) >= 11 is 3.93. The summed E-state index contributed by atoms with van der Waals surface area (Å²) in [6, 6.07) is 3.09. The van der Waals surface area contributed by atoms with Crippen molar-refractivity contribution in [2.45, 2.75) is 6.92 Å². The van der Waals surface area contributed by atoms with Crippen molar-refractivity contribution in [1.82, 2.24) is 0 Å². The highest BCUT2D eigenvalue weighted by Gasteiger charge is 2.14. The summed E-state index contributed by atoms with van der Waals surface area (Å²) in [5.41, 5.74) is 6.91. The molecule has 0 unspecified atom stereocenters. The number of hydrogen-bond donors (Lipinski definition) is 2. The highest BCUT2D eigenvalue weighted by molar-refractivity contribution is 7.80. The van der Waals surface area contributed by atoms with E-state index < -0.39 is 4.92 Å². The Balaban J connectivity index is 3.29. The summed E-state index contributed by atoms with van der Waals surface area (Å²) in [5.74, 6) is 5.91. The van der Waals surface area contributed by atoms with Crippen LogP contribution in [0.5, 0.6) is 0 Å². The van der Waals surface area contributed by atoms with Gasteiger partial charge >= 0.3 is 0 Å². The van der Waals surface area contributed by atoms with E-state index in [9.17, 15) is 10.1 Å². The minimum atomic E-state index is -0.506. The Bertz CT molecular complexity index is 460. The van der Waals surface area contributed by atoms with Gasteiger partial charge in [-0.25, -0.2) is 0 Å². The van der Waals surface area contributed by atoms with Crippen molar-refractivity contribution in [2.75, 3.05) is 11.5 Å². The van der Waals surface area contributed by atoms with Gasteiger partial charge < -0.3 is 5.73 Å². The molecule has 4 nitrogen and oxygen atoms in total. The van der Waals surface area contributed by atoms with E-state index in [-0.39, 0.29) is 11.4 Å². The number of aryl methyl sites for hydroxylation is 1. The number of rotatable bonds is 1. The summed E-state index contributed by atoms with van der Waals surface area (Å²) in [7, 11) is 0. The molecule has 0 amide bonds. The van der Waals surface area contributed by atoms with Gasteiger partial charge in [0.25, 0.3) is 5.69 Å². The summed E-state index contributed by atoms with van der Waals surface area (Å²) in [4.78, 5) is 10.2. The molecule has 1 aromatic rings. The lowest BCUT2D eigenvalue weighted by atomic mass is 10.1. The van der Waals surface area contributed by atoms with Crippen molar-refractivity contribution in [3.8, 4) is 11.8 Å². The fraction of sp³-hybridized carbons (Fsp3) is 0.200. The molecule has 5 heteroatoms. The third kappa shape index (κ3) is 2.64. The van der Waals surface area contributed by atoms with Crippen LogP contribution in [-0.2, 0) is 0 Å². The first kappa shape index (κ1) is 11.4. The molecule has 78 valence electrons. The van der Waals surface area contributed by atoms with Crippen LogP contribution in [-0.4, -0.2) is 10.7 Å². The fourth-order valence-corrected chi connectivity index (χ4v) is 1.22. The lowest BCUT2D eigenvalue weighted by Gasteiger charge is -2.01. The Kier molecular flexibility index (Phi) is 3.58. The second-order valence-electron chi connectivity index (χ2n) is 2.94. The maximum Gasteiger partial charge on any atom is 0.293 e. The number of nitrogens with two attached hydrogens (primary N) is 1. The molecule has 1 rings (SSSR count). The molecule has 1 aromatic carbocycles. The summed E-state index contributed by atoms with van der Waals surface area (Å²) in [6.07, 6.45) is 0. The number of nitro groups is 1. The molecule has 0 aliphatic carbocycles. The van der Waals surface area contributed by atoms with Crippen molar-refractivity contribution >= 4 is 24.0 Å². The molecule has 0 saturated heterocycles. The minimum absolute atomic E-state index is 0.0986. The van der Waals surface area contributed by atoms with Gasteiger partial charge in [-0.15, -0.1) is 0 Å². The predicted octanol–water partition coefficient (Wildman–Crippen LogP) is 1.77. The number of hydrogen-bond acceptors (Lipinski definition) is 4. The number of nitrogen functional groups attached to an aromatic ring is 1. The third-order valence-corrected chi connectivity index (χ3v) is 2.03. The Hall–Kier alpha value is -1.67. The maximum atomic E-state index is 10.7. The van der Waals surface area contributed by atoms with Crippen LogP contribution >= 0.6 is 12.6 Å². The van der Waals surface area contributed by atoms with E-state index >= 15 is 0 Å². The average molecular weight is 222 g/mol. The van der Waals surface area contributed by atoms with E-state index in [4.69, 9.17) is 5.73 Å². The zero-order chi connectivity index (χ0) is 11.4. The zero-order valence-electron chi connectivity index (χ0n) is 8.15. The SMILES string of the molecule is Cc1cc(C#CCS)cc([N+](=O)[O-])c1N. The molecule has 0 bridgehead atoms. The zero-order valence-corrected chi connectivity index (χ0v) is 9.04. The number of nitro benzene ring substituents is 1.